The van der Waals surface area contributed by atoms with Crippen LogP contribution in [0.5, 0.6) is 0 Å². The SMILES string of the molecule is C[C@H](NC(=O)O)[C@@H](Nc1nc(Nc2cnc(N3CCOCC3)c(F)c2)c(C#N)cc1F)c1cccc(F)c1. The fourth-order valence-corrected chi connectivity index (χ4v) is 4.04. The van der Waals surface area contributed by atoms with Crippen LogP contribution in [-0.4, -0.2) is 53.5 Å². The number of rotatable bonds is 8. The fourth-order valence-electron chi connectivity index (χ4n) is 4.04. The van der Waals surface area contributed by atoms with Crippen LogP contribution in [0.25, 0.3) is 0 Å². The zero-order chi connectivity index (χ0) is 27.2. The van der Waals surface area contributed by atoms with Crippen molar-refractivity contribution in [2.24, 2.45) is 0 Å². The fraction of sp³-hybridized carbons (Fsp3) is 0.280. The van der Waals surface area contributed by atoms with Crippen molar-refractivity contribution in [3.05, 3.63) is 71.2 Å². The molecule has 0 spiro atoms. The number of anilines is 4. The Labute approximate surface area is 216 Å². The minimum absolute atomic E-state index is 0.0893. The van der Waals surface area contributed by atoms with Crippen LogP contribution in [-0.2, 0) is 4.74 Å². The molecule has 4 N–H and O–H groups in total. The second-order valence-electron chi connectivity index (χ2n) is 8.50. The van der Waals surface area contributed by atoms with Crippen molar-refractivity contribution in [2.45, 2.75) is 19.0 Å². The smallest absolute Gasteiger partial charge is 0.404 e. The number of nitriles is 1. The molecule has 1 saturated heterocycles. The summed E-state index contributed by atoms with van der Waals surface area (Å²) in [6, 6.07) is 7.56. The van der Waals surface area contributed by atoms with Crippen molar-refractivity contribution in [3.8, 4) is 6.07 Å². The Balaban J connectivity index is 1.63. The summed E-state index contributed by atoms with van der Waals surface area (Å²) in [7, 11) is 0. The number of aromatic nitrogens is 2. The summed E-state index contributed by atoms with van der Waals surface area (Å²) < 4.78 is 49.0. The molecular formula is C25H24F3N7O3. The van der Waals surface area contributed by atoms with Crippen molar-refractivity contribution >= 4 is 29.2 Å². The second kappa shape index (κ2) is 11.7. The summed E-state index contributed by atoms with van der Waals surface area (Å²) in [5, 5.41) is 26.5. The molecular weight excluding hydrogens is 503 g/mol. The molecule has 1 aliphatic heterocycles. The van der Waals surface area contributed by atoms with E-state index in [1.165, 1.54) is 37.4 Å². The zero-order valence-electron chi connectivity index (χ0n) is 20.2. The zero-order valence-corrected chi connectivity index (χ0v) is 20.2. The highest BCUT2D eigenvalue weighted by Gasteiger charge is 2.24. The standard InChI is InChI=1S/C25H24F3N7O3/c1-14(31-25(36)37)21(15-3-2-4-17(26)9-15)33-23-19(27)10-16(12-29)22(34-23)32-18-11-20(28)24(30-13-18)35-5-7-38-8-6-35/h2-4,9-11,13-14,21,31H,5-8H2,1H3,(H,36,37)(H2,32,33,34)/t14-,21+/m0/s1. The van der Waals surface area contributed by atoms with Crippen LogP contribution < -0.4 is 20.9 Å². The van der Waals surface area contributed by atoms with E-state index in [0.29, 0.717) is 31.9 Å². The van der Waals surface area contributed by atoms with Gasteiger partial charge in [0.25, 0.3) is 0 Å². The number of hydrogen-bond donors (Lipinski definition) is 4. The lowest BCUT2D eigenvalue weighted by atomic mass is 10.00. The lowest BCUT2D eigenvalue weighted by Crippen LogP contribution is -2.39. The molecule has 0 radical (unpaired) electrons. The van der Waals surface area contributed by atoms with E-state index in [0.717, 1.165) is 6.07 Å². The molecule has 4 rings (SSSR count). The topological polar surface area (TPSA) is 135 Å². The van der Waals surface area contributed by atoms with E-state index in [1.54, 1.807) is 11.0 Å². The highest BCUT2D eigenvalue weighted by molar-refractivity contribution is 5.67. The Hall–Kier alpha value is -4.57. The number of pyridine rings is 2. The average Bonchev–Trinajstić information content (AvgIpc) is 2.88. The summed E-state index contributed by atoms with van der Waals surface area (Å²) in [5.41, 5.74) is 0.338. The Morgan fingerprint density at radius 3 is 2.58 bits per heavy atom. The molecule has 0 saturated carbocycles. The molecule has 3 heterocycles. The third-order valence-corrected chi connectivity index (χ3v) is 5.84. The number of nitrogens with one attached hydrogen (secondary N) is 3. The van der Waals surface area contributed by atoms with Gasteiger partial charge in [-0.1, -0.05) is 12.1 Å². The van der Waals surface area contributed by atoms with Crippen molar-refractivity contribution in [1.29, 1.82) is 5.26 Å². The first-order valence-electron chi connectivity index (χ1n) is 11.6. The van der Waals surface area contributed by atoms with Gasteiger partial charge in [-0.3, -0.25) is 0 Å². The molecule has 2 atom stereocenters. The van der Waals surface area contributed by atoms with Gasteiger partial charge < -0.3 is 30.7 Å². The third kappa shape index (κ3) is 6.22. The highest BCUT2D eigenvalue weighted by atomic mass is 19.1. The monoisotopic (exact) mass is 527 g/mol. The molecule has 0 aliphatic carbocycles. The molecule has 1 aromatic carbocycles. The van der Waals surface area contributed by atoms with Gasteiger partial charge in [0.1, 0.15) is 11.9 Å². The maximum Gasteiger partial charge on any atom is 0.404 e. The average molecular weight is 528 g/mol. The van der Waals surface area contributed by atoms with Crippen molar-refractivity contribution in [2.75, 3.05) is 41.8 Å². The van der Waals surface area contributed by atoms with Gasteiger partial charge in [-0.15, -0.1) is 0 Å². The molecule has 38 heavy (non-hydrogen) atoms. The van der Waals surface area contributed by atoms with Crippen molar-refractivity contribution < 1.29 is 27.8 Å². The molecule has 3 aromatic rings. The molecule has 13 heteroatoms. The van der Waals surface area contributed by atoms with E-state index in [2.05, 4.69) is 25.9 Å². The van der Waals surface area contributed by atoms with E-state index in [4.69, 9.17) is 9.84 Å². The van der Waals surface area contributed by atoms with Crippen LogP contribution in [0.15, 0.2) is 42.6 Å². The van der Waals surface area contributed by atoms with Crippen LogP contribution in [0.1, 0.15) is 24.1 Å². The van der Waals surface area contributed by atoms with Crippen molar-refractivity contribution in [1.82, 2.24) is 15.3 Å². The Morgan fingerprint density at radius 2 is 1.92 bits per heavy atom. The lowest BCUT2D eigenvalue weighted by Gasteiger charge is -2.28. The first-order valence-corrected chi connectivity index (χ1v) is 11.6. The van der Waals surface area contributed by atoms with Crippen LogP contribution in [0.4, 0.5) is 41.1 Å². The number of benzene rings is 1. The maximum absolute atomic E-state index is 15.0. The summed E-state index contributed by atoms with van der Waals surface area (Å²) in [6.07, 6.45) is 0.0352. The Morgan fingerprint density at radius 1 is 1.16 bits per heavy atom. The van der Waals surface area contributed by atoms with E-state index in [1.807, 2.05) is 6.07 Å². The first-order chi connectivity index (χ1) is 18.2. The molecule has 198 valence electrons. The molecule has 0 bridgehead atoms. The van der Waals surface area contributed by atoms with Crippen LogP contribution in [0.2, 0.25) is 0 Å². The summed E-state index contributed by atoms with van der Waals surface area (Å²) >= 11 is 0. The molecule has 1 aliphatic rings. The summed E-state index contributed by atoms with van der Waals surface area (Å²) in [5.74, 6) is -2.33. The molecule has 10 nitrogen and oxygen atoms in total. The number of nitrogens with zero attached hydrogens (tertiary/aromatic N) is 4. The van der Waals surface area contributed by atoms with Crippen LogP contribution in [0, 0.1) is 28.8 Å². The number of morpholine rings is 1. The Kier molecular flexibility index (Phi) is 8.12. The molecule has 2 aromatic heterocycles. The predicted octanol–water partition coefficient (Wildman–Crippen LogP) is 4.16. The van der Waals surface area contributed by atoms with Gasteiger partial charge in [0, 0.05) is 19.2 Å². The largest absolute Gasteiger partial charge is 0.465 e. The van der Waals surface area contributed by atoms with E-state index < -0.39 is 35.6 Å². The Bertz CT molecular complexity index is 1360. The second-order valence-corrected chi connectivity index (χ2v) is 8.50. The van der Waals surface area contributed by atoms with Gasteiger partial charge in [0.2, 0.25) is 0 Å². The summed E-state index contributed by atoms with van der Waals surface area (Å²) in [4.78, 5) is 21.3. The van der Waals surface area contributed by atoms with Crippen LogP contribution >= 0.6 is 0 Å². The summed E-state index contributed by atoms with van der Waals surface area (Å²) in [6.45, 7) is 3.41. The third-order valence-electron chi connectivity index (χ3n) is 5.84. The van der Waals surface area contributed by atoms with Gasteiger partial charge in [-0.25, -0.2) is 27.9 Å². The molecule has 1 amide bonds. The van der Waals surface area contributed by atoms with Gasteiger partial charge in [-0.05, 0) is 30.7 Å². The highest BCUT2D eigenvalue weighted by Crippen LogP contribution is 2.29. The van der Waals surface area contributed by atoms with Gasteiger partial charge in [0.15, 0.2) is 29.1 Å². The van der Waals surface area contributed by atoms with Crippen LogP contribution in [0.3, 0.4) is 0 Å². The van der Waals surface area contributed by atoms with Crippen molar-refractivity contribution in [3.63, 3.8) is 0 Å². The first kappa shape index (κ1) is 26.5. The minimum Gasteiger partial charge on any atom is -0.465 e. The number of halogens is 3. The number of hydrogen-bond acceptors (Lipinski definition) is 8. The van der Waals surface area contributed by atoms with Gasteiger partial charge in [0.05, 0.1) is 42.7 Å². The van der Waals surface area contributed by atoms with Gasteiger partial charge >= 0.3 is 6.09 Å². The predicted molar refractivity (Wildman–Crippen MR) is 133 cm³/mol. The minimum atomic E-state index is -1.33. The number of amides is 1. The number of carbonyl (C=O) groups is 1. The van der Waals surface area contributed by atoms with E-state index in [9.17, 15) is 23.2 Å². The molecule has 1 fully saturated rings. The van der Waals surface area contributed by atoms with E-state index >= 15 is 0 Å². The quantitative estimate of drug-likeness (QED) is 0.341. The van der Waals surface area contributed by atoms with E-state index in [-0.39, 0.29) is 28.7 Å². The number of ether oxygens (including phenoxy) is 1. The number of carboxylic acid groups (broad SMARTS) is 1. The maximum atomic E-state index is 15.0. The normalized spacial score (nSPS) is 14.8. The van der Waals surface area contributed by atoms with Gasteiger partial charge in [-0.2, -0.15) is 5.26 Å². The lowest BCUT2D eigenvalue weighted by molar-refractivity contribution is 0.122. The molecule has 0 unspecified atom stereocenters.